The first-order valence-corrected chi connectivity index (χ1v) is 4.08. The highest BCUT2D eigenvalue weighted by molar-refractivity contribution is 4.92. The van der Waals surface area contributed by atoms with Crippen LogP contribution in [0.3, 0.4) is 0 Å². The van der Waals surface area contributed by atoms with Crippen LogP contribution in [0.2, 0.25) is 0 Å². The fourth-order valence-corrected chi connectivity index (χ4v) is 1.41. The average Bonchev–Trinajstić information content (AvgIpc) is 2.57. The first kappa shape index (κ1) is 7.55. The van der Waals surface area contributed by atoms with Crippen LogP contribution in [-0.4, -0.2) is 11.2 Å². The van der Waals surface area contributed by atoms with Crippen LogP contribution < -0.4 is 5.56 Å². The molecule has 1 fully saturated rings. The first-order chi connectivity index (χ1) is 5.88. The molecule has 0 aliphatic carbocycles. The Morgan fingerprint density at radius 1 is 1.67 bits per heavy atom. The van der Waals surface area contributed by atoms with Crippen LogP contribution in [0.5, 0.6) is 0 Å². The number of ether oxygens (including phenoxy) is 1. The molecule has 0 bridgehead atoms. The van der Waals surface area contributed by atoms with E-state index in [1.807, 2.05) is 0 Å². The highest BCUT2D eigenvalue weighted by Gasteiger charge is 2.17. The molecule has 1 aliphatic heterocycles. The Morgan fingerprint density at radius 3 is 3.25 bits per heavy atom. The molecule has 2 rings (SSSR count). The van der Waals surface area contributed by atoms with E-state index in [0.29, 0.717) is 0 Å². The SMILES string of the molecule is O=c1c[c]ccn1C1CCCO1. The van der Waals surface area contributed by atoms with Gasteiger partial charge >= 0.3 is 0 Å². The standard InChI is InChI=1S/C9H10NO2/c11-8-4-1-2-6-10(8)9-5-3-7-12-9/h2,4,6,9H,3,5,7H2. The fourth-order valence-electron chi connectivity index (χ4n) is 1.41. The van der Waals surface area contributed by atoms with Crippen molar-refractivity contribution in [2.24, 2.45) is 0 Å². The summed E-state index contributed by atoms with van der Waals surface area (Å²) in [7, 11) is 0. The summed E-state index contributed by atoms with van der Waals surface area (Å²) >= 11 is 0. The molecule has 3 nitrogen and oxygen atoms in total. The highest BCUT2D eigenvalue weighted by atomic mass is 16.5. The minimum Gasteiger partial charge on any atom is -0.358 e. The summed E-state index contributed by atoms with van der Waals surface area (Å²) in [5, 5.41) is 0. The third kappa shape index (κ3) is 1.28. The van der Waals surface area contributed by atoms with Gasteiger partial charge in [-0.15, -0.1) is 0 Å². The molecule has 1 aromatic heterocycles. The summed E-state index contributed by atoms with van der Waals surface area (Å²) in [6, 6.07) is 5.89. The van der Waals surface area contributed by atoms with E-state index in [-0.39, 0.29) is 11.8 Å². The average molecular weight is 164 g/mol. The lowest BCUT2D eigenvalue weighted by molar-refractivity contribution is 0.0538. The minimum atomic E-state index is -0.0490. The molecule has 0 N–H and O–H groups in total. The van der Waals surface area contributed by atoms with E-state index in [0.717, 1.165) is 19.4 Å². The van der Waals surface area contributed by atoms with Gasteiger partial charge < -0.3 is 4.74 Å². The van der Waals surface area contributed by atoms with E-state index >= 15 is 0 Å². The van der Waals surface area contributed by atoms with Gasteiger partial charge in [-0.2, -0.15) is 0 Å². The molecule has 63 valence electrons. The monoisotopic (exact) mass is 164 g/mol. The molecule has 12 heavy (non-hydrogen) atoms. The van der Waals surface area contributed by atoms with Crippen LogP contribution >= 0.6 is 0 Å². The van der Waals surface area contributed by atoms with Crippen LogP contribution in [0.15, 0.2) is 23.1 Å². The summed E-state index contributed by atoms with van der Waals surface area (Å²) < 4.78 is 6.98. The Bertz CT molecular complexity index is 312. The summed E-state index contributed by atoms with van der Waals surface area (Å²) in [6.07, 6.45) is 3.64. The van der Waals surface area contributed by atoms with Crippen LogP contribution in [0.25, 0.3) is 0 Å². The molecule has 0 amide bonds. The van der Waals surface area contributed by atoms with Crippen molar-refractivity contribution in [3.8, 4) is 0 Å². The third-order valence-corrected chi connectivity index (χ3v) is 2.01. The molecule has 1 saturated heterocycles. The Hall–Kier alpha value is -1.09. The number of hydrogen-bond donors (Lipinski definition) is 0. The minimum absolute atomic E-state index is 0.0376. The van der Waals surface area contributed by atoms with Crippen LogP contribution in [0.1, 0.15) is 19.1 Å². The van der Waals surface area contributed by atoms with E-state index in [4.69, 9.17) is 4.74 Å². The predicted molar refractivity (Wildman–Crippen MR) is 43.8 cm³/mol. The topological polar surface area (TPSA) is 31.2 Å². The van der Waals surface area contributed by atoms with Crippen molar-refractivity contribution in [2.75, 3.05) is 6.61 Å². The van der Waals surface area contributed by atoms with Crippen molar-refractivity contribution < 1.29 is 4.74 Å². The van der Waals surface area contributed by atoms with Crippen molar-refractivity contribution in [1.29, 1.82) is 0 Å². The van der Waals surface area contributed by atoms with Crippen molar-refractivity contribution in [1.82, 2.24) is 4.57 Å². The predicted octanol–water partition coefficient (Wildman–Crippen LogP) is 0.957. The molecule has 1 aromatic rings. The quantitative estimate of drug-likeness (QED) is 0.619. The third-order valence-electron chi connectivity index (χ3n) is 2.01. The zero-order valence-electron chi connectivity index (χ0n) is 6.69. The van der Waals surface area contributed by atoms with Gasteiger partial charge in [-0.05, 0) is 25.0 Å². The summed E-state index contributed by atoms with van der Waals surface area (Å²) in [5.74, 6) is 0. The lowest BCUT2D eigenvalue weighted by atomic mass is 10.3. The molecule has 3 heteroatoms. The van der Waals surface area contributed by atoms with Crippen LogP contribution in [0, 0.1) is 6.07 Å². The van der Waals surface area contributed by atoms with E-state index in [1.54, 1.807) is 16.8 Å². The van der Waals surface area contributed by atoms with E-state index < -0.39 is 0 Å². The molecule has 1 atom stereocenters. The second kappa shape index (κ2) is 3.11. The number of pyridine rings is 1. The summed E-state index contributed by atoms with van der Waals surface area (Å²) in [4.78, 5) is 11.3. The van der Waals surface area contributed by atoms with Gasteiger partial charge in [-0.3, -0.25) is 9.36 Å². The fraction of sp³-hybridized carbons (Fsp3) is 0.444. The maximum atomic E-state index is 11.3. The molecule has 0 saturated carbocycles. The van der Waals surface area contributed by atoms with E-state index in [9.17, 15) is 4.79 Å². The molecular formula is C9H10NO2. The van der Waals surface area contributed by atoms with Gasteiger partial charge in [-0.25, -0.2) is 0 Å². The molecule has 0 spiro atoms. The Morgan fingerprint density at radius 2 is 2.58 bits per heavy atom. The zero-order valence-corrected chi connectivity index (χ0v) is 6.69. The van der Waals surface area contributed by atoms with Crippen molar-refractivity contribution >= 4 is 0 Å². The first-order valence-electron chi connectivity index (χ1n) is 4.08. The highest BCUT2D eigenvalue weighted by Crippen LogP contribution is 2.20. The maximum Gasteiger partial charge on any atom is 0.253 e. The van der Waals surface area contributed by atoms with Gasteiger partial charge in [0.25, 0.3) is 5.56 Å². The Kier molecular flexibility index (Phi) is 1.96. The van der Waals surface area contributed by atoms with Gasteiger partial charge in [0.2, 0.25) is 0 Å². The molecule has 1 aliphatic rings. The zero-order chi connectivity index (χ0) is 8.39. The van der Waals surface area contributed by atoms with Gasteiger partial charge in [0.05, 0.1) is 0 Å². The summed E-state index contributed by atoms with van der Waals surface area (Å²) in [5.41, 5.74) is -0.0376. The van der Waals surface area contributed by atoms with Crippen LogP contribution in [-0.2, 0) is 4.74 Å². The van der Waals surface area contributed by atoms with Crippen LogP contribution in [0.4, 0.5) is 0 Å². The maximum absolute atomic E-state index is 11.3. The van der Waals surface area contributed by atoms with Crippen molar-refractivity contribution in [2.45, 2.75) is 19.1 Å². The Balaban J connectivity index is 2.32. The number of nitrogens with zero attached hydrogens (tertiary/aromatic N) is 1. The van der Waals surface area contributed by atoms with E-state index in [2.05, 4.69) is 6.07 Å². The molecule has 1 radical (unpaired) electrons. The normalized spacial score (nSPS) is 22.8. The number of aromatic nitrogens is 1. The second-order valence-electron chi connectivity index (χ2n) is 2.84. The van der Waals surface area contributed by atoms with E-state index in [1.165, 1.54) is 6.07 Å². The molecule has 2 heterocycles. The lowest BCUT2D eigenvalue weighted by Gasteiger charge is -2.11. The van der Waals surface area contributed by atoms with Gasteiger partial charge in [-0.1, -0.05) is 0 Å². The van der Waals surface area contributed by atoms with Gasteiger partial charge in [0, 0.05) is 18.9 Å². The number of rotatable bonds is 1. The molecule has 1 unspecified atom stereocenters. The second-order valence-corrected chi connectivity index (χ2v) is 2.84. The molecule has 0 aromatic carbocycles. The van der Waals surface area contributed by atoms with Gasteiger partial charge in [0.1, 0.15) is 6.23 Å². The van der Waals surface area contributed by atoms with Crippen molar-refractivity contribution in [3.05, 3.63) is 34.7 Å². The smallest absolute Gasteiger partial charge is 0.253 e. The number of hydrogen-bond acceptors (Lipinski definition) is 2. The largest absolute Gasteiger partial charge is 0.358 e. The Labute approximate surface area is 70.6 Å². The summed E-state index contributed by atoms with van der Waals surface area (Å²) in [6.45, 7) is 0.760. The molecular weight excluding hydrogens is 154 g/mol. The van der Waals surface area contributed by atoms with Gasteiger partial charge in [0.15, 0.2) is 0 Å². The lowest BCUT2D eigenvalue weighted by Crippen LogP contribution is -2.22. The van der Waals surface area contributed by atoms with Crippen molar-refractivity contribution in [3.63, 3.8) is 0 Å².